The molecule has 8 nitrogen and oxygen atoms in total. The van der Waals surface area contributed by atoms with Crippen molar-refractivity contribution in [3.63, 3.8) is 0 Å². The Morgan fingerprint density at radius 2 is 1.71 bits per heavy atom. The summed E-state index contributed by atoms with van der Waals surface area (Å²) in [6, 6.07) is 18.7. The van der Waals surface area contributed by atoms with E-state index in [1.807, 2.05) is 12.1 Å². The zero-order valence-corrected chi connectivity index (χ0v) is 23.7. The van der Waals surface area contributed by atoms with Crippen molar-refractivity contribution in [2.45, 2.75) is 18.9 Å². The smallest absolute Gasteiger partial charge is 0.261 e. The minimum atomic E-state index is -0.941. The van der Waals surface area contributed by atoms with E-state index in [-0.39, 0.29) is 0 Å². The topological polar surface area (TPSA) is 109 Å². The Bertz CT molecular complexity index is 1790. The van der Waals surface area contributed by atoms with Gasteiger partial charge in [-0.2, -0.15) is 0 Å². The highest BCUT2D eigenvalue weighted by molar-refractivity contribution is 7.19. The fourth-order valence-corrected chi connectivity index (χ4v) is 5.90. The molecular formula is C31H27F2N7OS. The summed E-state index contributed by atoms with van der Waals surface area (Å²) in [5.41, 5.74) is 11.2. The normalized spacial score (nSPS) is 14.2. The monoisotopic (exact) mass is 583 g/mol. The van der Waals surface area contributed by atoms with E-state index in [1.54, 1.807) is 30.5 Å². The van der Waals surface area contributed by atoms with Crippen LogP contribution < -0.4 is 16.4 Å². The standard InChI is InChI=1S/C31H27F2N7OS/c1-40(2)22-15-17-9-10-21(14-19(17)16-22)37-31-35-12-11-25(38-31)28-27(39-30(34)42-28)18-5-3-6-20(13-18)36-29(41)26-23(32)7-4-8-24(26)33/h3-14,22H,15-16H2,1-2H3,(H2,34,39)(H,36,41)(H,35,37,38). The summed E-state index contributed by atoms with van der Waals surface area (Å²) >= 11 is 1.27. The molecule has 212 valence electrons. The maximum atomic E-state index is 14.1. The number of rotatable bonds is 7. The quantitative estimate of drug-likeness (QED) is 0.211. The molecule has 0 radical (unpaired) electrons. The van der Waals surface area contributed by atoms with Crippen LogP contribution in [0.1, 0.15) is 21.5 Å². The van der Waals surface area contributed by atoms with Crippen LogP contribution in [-0.4, -0.2) is 45.9 Å². The predicted molar refractivity (Wildman–Crippen MR) is 162 cm³/mol. The minimum Gasteiger partial charge on any atom is -0.375 e. The van der Waals surface area contributed by atoms with Gasteiger partial charge in [-0.05, 0) is 80.5 Å². The SMILES string of the molecule is CN(C)C1Cc2ccc(Nc3nccc(-c4sc(N)nc4-c4cccc(NC(=O)c5c(F)cccc5F)c4)n3)cc2C1. The van der Waals surface area contributed by atoms with Gasteiger partial charge in [0.1, 0.15) is 17.2 Å². The lowest BCUT2D eigenvalue weighted by molar-refractivity contribution is 0.101. The van der Waals surface area contributed by atoms with Gasteiger partial charge in [0.05, 0.1) is 16.3 Å². The largest absolute Gasteiger partial charge is 0.375 e. The van der Waals surface area contributed by atoms with Gasteiger partial charge in [-0.15, -0.1) is 0 Å². The first-order chi connectivity index (χ1) is 20.2. The number of hydrogen-bond acceptors (Lipinski definition) is 8. The first kappa shape index (κ1) is 27.4. The third-order valence-electron chi connectivity index (χ3n) is 7.22. The van der Waals surface area contributed by atoms with Gasteiger partial charge in [-0.1, -0.05) is 35.6 Å². The maximum Gasteiger partial charge on any atom is 0.261 e. The molecular weight excluding hydrogens is 556 g/mol. The number of benzene rings is 3. The molecule has 0 bridgehead atoms. The molecule has 1 aliphatic carbocycles. The maximum absolute atomic E-state index is 14.1. The highest BCUT2D eigenvalue weighted by Crippen LogP contribution is 2.38. The van der Waals surface area contributed by atoms with E-state index >= 15 is 0 Å². The van der Waals surface area contributed by atoms with Crippen molar-refractivity contribution in [2.24, 2.45) is 0 Å². The van der Waals surface area contributed by atoms with Crippen LogP contribution in [-0.2, 0) is 12.8 Å². The Kier molecular flexibility index (Phi) is 7.36. The molecule has 2 aromatic heterocycles. The molecule has 0 aliphatic heterocycles. The molecule has 0 saturated carbocycles. The number of hydrogen-bond donors (Lipinski definition) is 3. The second-order valence-electron chi connectivity index (χ2n) is 10.3. The molecule has 2 heterocycles. The van der Waals surface area contributed by atoms with Gasteiger partial charge in [0.25, 0.3) is 5.91 Å². The zero-order valence-electron chi connectivity index (χ0n) is 22.9. The Balaban J connectivity index is 1.25. The van der Waals surface area contributed by atoms with Gasteiger partial charge in [-0.25, -0.2) is 23.7 Å². The van der Waals surface area contributed by atoms with Gasteiger partial charge in [0.15, 0.2) is 5.13 Å². The number of thiazole rings is 1. The van der Waals surface area contributed by atoms with E-state index < -0.39 is 23.1 Å². The van der Waals surface area contributed by atoms with Gasteiger partial charge >= 0.3 is 0 Å². The zero-order chi connectivity index (χ0) is 29.4. The number of nitrogen functional groups attached to an aromatic ring is 1. The van der Waals surface area contributed by atoms with Crippen LogP contribution in [0.2, 0.25) is 0 Å². The molecule has 1 amide bonds. The molecule has 4 N–H and O–H groups in total. The van der Waals surface area contributed by atoms with Crippen molar-refractivity contribution in [1.29, 1.82) is 0 Å². The molecule has 0 fully saturated rings. The molecule has 0 saturated heterocycles. The lowest BCUT2D eigenvalue weighted by Gasteiger charge is -2.17. The predicted octanol–water partition coefficient (Wildman–Crippen LogP) is 6.15. The van der Waals surface area contributed by atoms with Crippen molar-refractivity contribution in [3.05, 3.63) is 101 Å². The number of carbonyl (C=O) groups excluding carboxylic acids is 1. The molecule has 42 heavy (non-hydrogen) atoms. The van der Waals surface area contributed by atoms with E-state index in [0.717, 1.165) is 30.7 Å². The number of halogens is 2. The molecule has 1 atom stereocenters. The number of likely N-dealkylation sites (N-methyl/N-ethyl adjacent to an activating group) is 1. The van der Waals surface area contributed by atoms with E-state index in [1.165, 1.54) is 28.5 Å². The number of nitrogens with one attached hydrogen (secondary N) is 2. The number of nitrogens with zero attached hydrogens (tertiary/aromatic N) is 4. The number of carbonyl (C=O) groups is 1. The fraction of sp³-hybridized carbons (Fsp3) is 0.161. The number of amides is 1. The molecule has 3 aromatic carbocycles. The van der Waals surface area contributed by atoms with Crippen molar-refractivity contribution in [3.8, 4) is 21.8 Å². The van der Waals surface area contributed by atoms with Crippen LogP contribution in [0.5, 0.6) is 0 Å². The molecule has 11 heteroatoms. The first-order valence-electron chi connectivity index (χ1n) is 13.3. The summed E-state index contributed by atoms with van der Waals surface area (Å²) < 4.78 is 28.2. The van der Waals surface area contributed by atoms with Crippen LogP contribution in [0.4, 0.5) is 31.2 Å². The van der Waals surface area contributed by atoms with Crippen molar-refractivity contribution < 1.29 is 13.6 Å². The van der Waals surface area contributed by atoms with E-state index in [2.05, 4.69) is 51.7 Å². The Morgan fingerprint density at radius 3 is 2.50 bits per heavy atom. The summed E-state index contributed by atoms with van der Waals surface area (Å²) in [6.07, 6.45) is 3.70. The van der Waals surface area contributed by atoms with Crippen LogP contribution in [0.15, 0.2) is 72.9 Å². The number of nitrogens with two attached hydrogens (primary N) is 1. The third-order valence-corrected chi connectivity index (χ3v) is 8.13. The van der Waals surface area contributed by atoms with Crippen LogP contribution in [0.25, 0.3) is 21.8 Å². The molecule has 1 unspecified atom stereocenters. The summed E-state index contributed by atoms with van der Waals surface area (Å²) in [5, 5.41) is 6.22. The Hall–Kier alpha value is -4.74. The first-order valence-corrected chi connectivity index (χ1v) is 14.1. The highest BCUT2D eigenvalue weighted by Gasteiger charge is 2.23. The van der Waals surface area contributed by atoms with Gasteiger partial charge in [-0.3, -0.25) is 4.79 Å². The van der Waals surface area contributed by atoms with E-state index in [0.29, 0.717) is 44.6 Å². The van der Waals surface area contributed by atoms with Crippen LogP contribution in [0.3, 0.4) is 0 Å². The molecule has 0 spiro atoms. The summed E-state index contributed by atoms with van der Waals surface area (Å²) in [5.74, 6) is -2.34. The lowest BCUT2D eigenvalue weighted by Crippen LogP contribution is -2.27. The third kappa shape index (κ3) is 5.56. The number of anilines is 4. The Morgan fingerprint density at radius 1 is 0.952 bits per heavy atom. The summed E-state index contributed by atoms with van der Waals surface area (Å²) in [6.45, 7) is 0. The van der Waals surface area contributed by atoms with Crippen LogP contribution in [0, 0.1) is 11.6 Å². The average molecular weight is 584 g/mol. The number of aromatic nitrogens is 3. The molecule has 6 rings (SSSR count). The summed E-state index contributed by atoms with van der Waals surface area (Å²) in [4.78, 5) is 29.3. The average Bonchev–Trinajstić information content (AvgIpc) is 3.57. The highest BCUT2D eigenvalue weighted by atomic mass is 32.1. The molecule has 5 aromatic rings. The fourth-order valence-electron chi connectivity index (χ4n) is 5.07. The van der Waals surface area contributed by atoms with Crippen LogP contribution >= 0.6 is 11.3 Å². The van der Waals surface area contributed by atoms with Gasteiger partial charge in [0.2, 0.25) is 5.95 Å². The molecule has 1 aliphatic rings. The second kappa shape index (κ2) is 11.3. The van der Waals surface area contributed by atoms with Gasteiger partial charge in [0, 0.05) is 29.2 Å². The second-order valence-corrected chi connectivity index (χ2v) is 11.3. The van der Waals surface area contributed by atoms with Crippen molar-refractivity contribution in [1.82, 2.24) is 19.9 Å². The lowest BCUT2D eigenvalue weighted by atomic mass is 10.1. The number of fused-ring (bicyclic) bond motifs is 1. The minimum absolute atomic E-state index is 0.338. The van der Waals surface area contributed by atoms with Gasteiger partial charge < -0.3 is 21.3 Å². The van der Waals surface area contributed by atoms with E-state index in [9.17, 15) is 13.6 Å². The van der Waals surface area contributed by atoms with E-state index in [4.69, 9.17) is 10.7 Å². The van der Waals surface area contributed by atoms with Crippen molar-refractivity contribution >= 4 is 39.7 Å². The Labute approximate surface area is 245 Å². The summed E-state index contributed by atoms with van der Waals surface area (Å²) in [7, 11) is 4.21. The van der Waals surface area contributed by atoms with Crippen molar-refractivity contribution in [2.75, 3.05) is 30.5 Å².